The molecule has 0 N–H and O–H groups in total. The molecule has 0 spiro atoms. The zero-order valence-corrected chi connectivity index (χ0v) is 8.83. The minimum Gasteiger partial charge on any atom is -0.0895 e. The van der Waals surface area contributed by atoms with Gasteiger partial charge in [-0.3, -0.25) is 0 Å². The minimum atomic E-state index is 0.227. The Morgan fingerprint density at radius 1 is 1.36 bits per heavy atom. The third-order valence-corrected chi connectivity index (χ3v) is 1.66. The summed E-state index contributed by atoms with van der Waals surface area (Å²) >= 11 is 6.01. The van der Waals surface area contributed by atoms with Gasteiger partial charge in [0.25, 0.3) is 0 Å². The predicted octanol–water partition coefficient (Wildman–Crippen LogP) is 4.35. The van der Waals surface area contributed by atoms with Gasteiger partial charge in [-0.15, -0.1) is 0 Å². The summed E-state index contributed by atoms with van der Waals surface area (Å²) in [6.45, 7) is 8.69. The van der Waals surface area contributed by atoms with E-state index in [0.29, 0.717) is 0 Å². The van der Waals surface area contributed by atoms with Gasteiger partial charge in [-0.05, 0) is 18.3 Å². The predicted molar refractivity (Wildman–Crippen MR) is 52.9 cm³/mol. The van der Waals surface area contributed by atoms with E-state index in [0.717, 1.165) is 11.5 Å². The van der Waals surface area contributed by atoms with Gasteiger partial charge in [0.1, 0.15) is 0 Å². The zero-order valence-electron chi connectivity index (χ0n) is 8.08. The Morgan fingerprint density at radius 2 is 1.91 bits per heavy atom. The Hall–Kier alpha value is 0.0300. The fourth-order valence-electron chi connectivity index (χ4n) is 0.888. The van der Waals surface area contributed by atoms with Crippen molar-refractivity contribution in [3.63, 3.8) is 0 Å². The Morgan fingerprint density at radius 3 is 2.27 bits per heavy atom. The second-order valence-corrected chi connectivity index (χ2v) is 4.55. The number of hydrogen-bond acceptors (Lipinski definition) is 0. The van der Waals surface area contributed by atoms with E-state index in [1.165, 1.54) is 12.8 Å². The lowest BCUT2D eigenvalue weighted by Crippen LogP contribution is -1.99. The summed E-state index contributed by atoms with van der Waals surface area (Å²) in [4.78, 5) is 0. The lowest BCUT2D eigenvalue weighted by molar-refractivity contribution is 0.540. The first-order chi connectivity index (χ1) is 4.95. The number of unbranched alkanes of at least 4 members (excludes halogenated alkanes) is 1. The molecule has 0 fully saturated rings. The van der Waals surface area contributed by atoms with Gasteiger partial charge in [0.2, 0.25) is 0 Å². The summed E-state index contributed by atoms with van der Waals surface area (Å²) < 4.78 is 0. The molecule has 0 aliphatic heterocycles. The second-order valence-electron chi connectivity index (χ2n) is 4.06. The van der Waals surface area contributed by atoms with E-state index >= 15 is 0 Å². The lowest BCUT2D eigenvalue weighted by Gasteiger charge is -2.12. The third kappa shape index (κ3) is 7.93. The molecule has 0 aromatic carbocycles. The van der Waals surface area contributed by atoms with E-state index in [9.17, 15) is 0 Å². The van der Waals surface area contributed by atoms with Gasteiger partial charge in [-0.25, -0.2) is 0 Å². The number of hydrogen-bond donors (Lipinski definition) is 0. The molecule has 0 nitrogen and oxygen atoms in total. The maximum Gasteiger partial charge on any atom is 0.0146 e. The summed E-state index contributed by atoms with van der Waals surface area (Å²) in [6, 6.07) is 0. The van der Waals surface area contributed by atoms with E-state index < -0.39 is 0 Å². The normalized spacial score (nSPS) is 13.7. The van der Waals surface area contributed by atoms with Crippen LogP contribution in [0.3, 0.4) is 0 Å². The van der Waals surface area contributed by atoms with E-state index in [1.54, 1.807) is 0 Å². The fraction of sp³-hybridized carbons (Fsp3) is 0.800. The molecule has 0 unspecified atom stereocenters. The maximum absolute atomic E-state index is 6.01. The first-order valence-electron chi connectivity index (χ1n) is 4.33. The molecule has 0 atom stereocenters. The molecule has 0 aliphatic rings. The smallest absolute Gasteiger partial charge is 0.0146 e. The third-order valence-electron chi connectivity index (χ3n) is 1.36. The van der Waals surface area contributed by atoms with Crippen LogP contribution in [-0.4, -0.2) is 0 Å². The Kier molecular flexibility index (Phi) is 4.83. The molecule has 0 saturated heterocycles. The van der Waals surface area contributed by atoms with Crippen molar-refractivity contribution >= 4 is 11.6 Å². The van der Waals surface area contributed by atoms with Crippen molar-refractivity contribution in [2.24, 2.45) is 5.41 Å². The van der Waals surface area contributed by atoms with Crippen LogP contribution in [0, 0.1) is 5.41 Å². The van der Waals surface area contributed by atoms with Crippen LogP contribution in [0.15, 0.2) is 11.1 Å². The van der Waals surface area contributed by atoms with Gasteiger partial charge < -0.3 is 0 Å². The van der Waals surface area contributed by atoms with E-state index in [-0.39, 0.29) is 5.41 Å². The summed E-state index contributed by atoms with van der Waals surface area (Å²) in [5.74, 6) is 0. The number of rotatable bonds is 3. The molecule has 66 valence electrons. The van der Waals surface area contributed by atoms with E-state index in [1.807, 2.05) is 0 Å². The van der Waals surface area contributed by atoms with Crippen LogP contribution in [0.1, 0.15) is 47.0 Å². The Bertz CT molecular complexity index is 128. The van der Waals surface area contributed by atoms with Gasteiger partial charge in [0.15, 0.2) is 0 Å². The van der Waals surface area contributed by atoms with Gasteiger partial charge in [0, 0.05) is 5.03 Å². The lowest BCUT2D eigenvalue weighted by atomic mass is 9.95. The van der Waals surface area contributed by atoms with E-state index in [2.05, 4.69) is 33.8 Å². The van der Waals surface area contributed by atoms with Gasteiger partial charge in [-0.1, -0.05) is 51.8 Å². The minimum absolute atomic E-state index is 0.227. The van der Waals surface area contributed by atoms with Crippen molar-refractivity contribution in [1.82, 2.24) is 0 Å². The Labute approximate surface area is 75.6 Å². The van der Waals surface area contributed by atoms with Crippen molar-refractivity contribution in [2.45, 2.75) is 47.0 Å². The van der Waals surface area contributed by atoms with Crippen molar-refractivity contribution in [1.29, 1.82) is 0 Å². The van der Waals surface area contributed by atoms with Gasteiger partial charge in [-0.2, -0.15) is 0 Å². The molecule has 0 heterocycles. The molecule has 0 amide bonds. The topological polar surface area (TPSA) is 0 Å². The molecule has 0 bridgehead atoms. The molecule has 0 aromatic rings. The molecule has 0 aliphatic carbocycles. The highest BCUT2D eigenvalue weighted by Crippen LogP contribution is 2.22. The largest absolute Gasteiger partial charge is 0.0895 e. The quantitative estimate of drug-likeness (QED) is 0.597. The van der Waals surface area contributed by atoms with Crippen LogP contribution in [0.4, 0.5) is 0 Å². The standard InChI is InChI=1S/C10H19Cl/c1-5-6-7-9(11)8-10(2,3)4/h8H,5-7H2,1-4H3/b9-8-. The molecule has 0 radical (unpaired) electrons. The second kappa shape index (κ2) is 4.82. The molecule has 0 saturated carbocycles. The fourth-order valence-corrected chi connectivity index (χ4v) is 1.35. The van der Waals surface area contributed by atoms with Crippen LogP contribution in [0.2, 0.25) is 0 Å². The maximum atomic E-state index is 6.01. The van der Waals surface area contributed by atoms with Crippen LogP contribution in [0.25, 0.3) is 0 Å². The average molecular weight is 175 g/mol. The van der Waals surface area contributed by atoms with Gasteiger partial charge in [0.05, 0.1) is 0 Å². The first kappa shape index (κ1) is 11.0. The molecular formula is C10H19Cl. The zero-order chi connectivity index (χ0) is 8.91. The molecule has 0 rings (SSSR count). The highest BCUT2D eigenvalue weighted by molar-refractivity contribution is 6.29. The summed E-state index contributed by atoms with van der Waals surface area (Å²) in [5.41, 5.74) is 0.227. The number of allylic oxidation sites excluding steroid dienone is 2. The molecule has 0 aromatic heterocycles. The monoisotopic (exact) mass is 174 g/mol. The highest BCUT2D eigenvalue weighted by Gasteiger charge is 2.06. The molecule has 11 heavy (non-hydrogen) atoms. The summed E-state index contributed by atoms with van der Waals surface area (Å²) in [6.07, 6.45) is 5.60. The van der Waals surface area contributed by atoms with Crippen LogP contribution in [0.5, 0.6) is 0 Å². The Balaban J connectivity index is 3.81. The first-order valence-corrected chi connectivity index (χ1v) is 4.70. The average Bonchev–Trinajstić information content (AvgIpc) is 1.79. The van der Waals surface area contributed by atoms with Gasteiger partial charge >= 0.3 is 0 Å². The van der Waals surface area contributed by atoms with Crippen molar-refractivity contribution in [3.05, 3.63) is 11.1 Å². The molecule has 1 heteroatoms. The van der Waals surface area contributed by atoms with Crippen LogP contribution in [-0.2, 0) is 0 Å². The summed E-state index contributed by atoms with van der Waals surface area (Å²) in [7, 11) is 0. The van der Waals surface area contributed by atoms with Crippen LogP contribution < -0.4 is 0 Å². The number of halogens is 1. The highest BCUT2D eigenvalue weighted by atomic mass is 35.5. The molecular weight excluding hydrogens is 156 g/mol. The van der Waals surface area contributed by atoms with Crippen LogP contribution >= 0.6 is 11.6 Å². The van der Waals surface area contributed by atoms with E-state index in [4.69, 9.17) is 11.6 Å². The van der Waals surface area contributed by atoms with Crippen molar-refractivity contribution < 1.29 is 0 Å². The van der Waals surface area contributed by atoms with Crippen molar-refractivity contribution in [2.75, 3.05) is 0 Å². The SMILES string of the molecule is CCCC/C(Cl)=C/C(C)(C)C. The summed E-state index contributed by atoms with van der Waals surface area (Å²) in [5, 5.41) is 1.01. The van der Waals surface area contributed by atoms with Crippen molar-refractivity contribution in [3.8, 4) is 0 Å².